The van der Waals surface area contributed by atoms with Gasteiger partial charge in [-0.05, 0) is 24.3 Å². The molecule has 0 spiro atoms. The summed E-state index contributed by atoms with van der Waals surface area (Å²) in [5.74, 6) is -0.903. The molecule has 94 valence electrons. The van der Waals surface area contributed by atoms with Crippen LogP contribution < -0.4 is 4.90 Å². The lowest BCUT2D eigenvalue weighted by Gasteiger charge is -2.18. The zero-order valence-electron chi connectivity index (χ0n) is 9.75. The van der Waals surface area contributed by atoms with Crippen LogP contribution in [0.4, 0.5) is 5.69 Å². The third kappa shape index (κ3) is 4.44. The first-order valence-corrected chi connectivity index (χ1v) is 7.08. The lowest BCUT2D eigenvalue weighted by Crippen LogP contribution is -2.24. The highest BCUT2D eigenvalue weighted by Crippen LogP contribution is 2.13. The fourth-order valence-electron chi connectivity index (χ4n) is 1.29. The number of benzene rings is 1. The SMILES string of the molecule is CN(CCS(C)(=O)=O)c1ccc(C(=O)O)cc1. The normalized spacial score (nSPS) is 11.2. The number of nitrogens with zero attached hydrogens (tertiary/aromatic N) is 1. The van der Waals surface area contributed by atoms with Gasteiger partial charge in [0, 0.05) is 25.5 Å². The molecule has 1 aromatic carbocycles. The first kappa shape index (κ1) is 13.5. The van der Waals surface area contributed by atoms with Crippen LogP contribution in [0.1, 0.15) is 10.4 Å². The number of carboxylic acids is 1. The Labute approximate surface area is 101 Å². The second-order valence-electron chi connectivity index (χ2n) is 3.90. The average molecular weight is 257 g/mol. The summed E-state index contributed by atoms with van der Waals surface area (Å²) in [5, 5.41) is 8.73. The second kappa shape index (κ2) is 5.18. The van der Waals surface area contributed by atoms with Gasteiger partial charge < -0.3 is 10.0 Å². The number of carboxylic acid groups (broad SMARTS) is 1. The highest BCUT2D eigenvalue weighted by molar-refractivity contribution is 7.90. The lowest BCUT2D eigenvalue weighted by atomic mass is 10.2. The maximum Gasteiger partial charge on any atom is 0.335 e. The molecule has 0 aromatic heterocycles. The van der Waals surface area contributed by atoms with Gasteiger partial charge in [-0.3, -0.25) is 0 Å². The van der Waals surface area contributed by atoms with Gasteiger partial charge in [0.1, 0.15) is 9.84 Å². The van der Waals surface area contributed by atoms with Crippen LogP contribution in [0.15, 0.2) is 24.3 Å². The average Bonchev–Trinajstić information content (AvgIpc) is 2.25. The van der Waals surface area contributed by atoms with Gasteiger partial charge in [-0.1, -0.05) is 0 Å². The minimum Gasteiger partial charge on any atom is -0.478 e. The van der Waals surface area contributed by atoms with Crippen molar-refractivity contribution in [2.24, 2.45) is 0 Å². The quantitative estimate of drug-likeness (QED) is 0.847. The number of aromatic carboxylic acids is 1. The van der Waals surface area contributed by atoms with Crippen LogP contribution in [0.3, 0.4) is 0 Å². The van der Waals surface area contributed by atoms with Crippen molar-refractivity contribution in [3.63, 3.8) is 0 Å². The molecule has 0 amide bonds. The van der Waals surface area contributed by atoms with E-state index in [0.29, 0.717) is 6.54 Å². The number of hydrogen-bond donors (Lipinski definition) is 1. The van der Waals surface area contributed by atoms with Crippen LogP contribution in [0.5, 0.6) is 0 Å². The van der Waals surface area contributed by atoms with Gasteiger partial charge in [0.25, 0.3) is 0 Å². The summed E-state index contributed by atoms with van der Waals surface area (Å²) in [4.78, 5) is 12.4. The highest BCUT2D eigenvalue weighted by Gasteiger charge is 2.07. The number of hydrogen-bond acceptors (Lipinski definition) is 4. The van der Waals surface area contributed by atoms with E-state index in [1.54, 1.807) is 24.1 Å². The third-order valence-corrected chi connectivity index (χ3v) is 3.28. The predicted octanol–water partition coefficient (Wildman–Crippen LogP) is 0.866. The topological polar surface area (TPSA) is 74.7 Å². The molecule has 0 radical (unpaired) electrons. The molecule has 0 bridgehead atoms. The van der Waals surface area contributed by atoms with Gasteiger partial charge in [0.05, 0.1) is 11.3 Å². The molecule has 0 atom stereocenters. The fourth-order valence-corrected chi connectivity index (χ4v) is 1.90. The van der Waals surface area contributed by atoms with Crippen molar-refractivity contribution in [3.8, 4) is 0 Å². The van der Waals surface area contributed by atoms with Crippen LogP contribution in [0, 0.1) is 0 Å². The molecule has 1 rings (SSSR count). The maximum atomic E-state index is 11.0. The highest BCUT2D eigenvalue weighted by atomic mass is 32.2. The minimum atomic E-state index is -2.98. The molecular weight excluding hydrogens is 242 g/mol. The second-order valence-corrected chi connectivity index (χ2v) is 6.16. The molecule has 0 aliphatic heterocycles. The van der Waals surface area contributed by atoms with Crippen molar-refractivity contribution < 1.29 is 18.3 Å². The Morgan fingerprint density at radius 2 is 1.82 bits per heavy atom. The summed E-state index contributed by atoms with van der Waals surface area (Å²) in [6.07, 6.45) is 1.19. The van der Waals surface area contributed by atoms with E-state index < -0.39 is 15.8 Å². The monoisotopic (exact) mass is 257 g/mol. The Balaban J connectivity index is 2.70. The number of rotatable bonds is 5. The molecule has 5 nitrogen and oxygen atoms in total. The molecule has 17 heavy (non-hydrogen) atoms. The van der Waals surface area contributed by atoms with Crippen molar-refractivity contribution in [2.45, 2.75) is 0 Å². The molecule has 0 aliphatic rings. The predicted molar refractivity (Wildman–Crippen MR) is 66.4 cm³/mol. The minimum absolute atomic E-state index is 0.0736. The number of carbonyl (C=O) groups is 1. The Kier molecular flexibility index (Phi) is 4.11. The summed E-state index contributed by atoms with van der Waals surface area (Å²) in [5.41, 5.74) is 1.00. The zero-order valence-corrected chi connectivity index (χ0v) is 10.6. The summed E-state index contributed by atoms with van der Waals surface area (Å²) < 4.78 is 22.0. The summed E-state index contributed by atoms with van der Waals surface area (Å²) in [6, 6.07) is 6.31. The molecule has 1 N–H and O–H groups in total. The molecule has 6 heteroatoms. The first-order chi connectivity index (χ1) is 7.79. The molecule has 0 heterocycles. The molecule has 0 fully saturated rings. The standard InChI is InChI=1S/C11H15NO4S/c1-12(7-8-17(2,15)16)10-5-3-9(4-6-10)11(13)14/h3-6H,7-8H2,1-2H3,(H,13,14). The van der Waals surface area contributed by atoms with Crippen LogP contribution >= 0.6 is 0 Å². The molecule has 0 aliphatic carbocycles. The van der Waals surface area contributed by atoms with Gasteiger partial charge in [-0.25, -0.2) is 13.2 Å². The van der Waals surface area contributed by atoms with E-state index in [9.17, 15) is 13.2 Å². The summed E-state index contributed by atoms with van der Waals surface area (Å²) in [7, 11) is -1.22. The molecule has 1 aromatic rings. The number of sulfone groups is 1. The van der Waals surface area contributed by atoms with E-state index in [2.05, 4.69) is 0 Å². The van der Waals surface area contributed by atoms with Gasteiger partial charge >= 0.3 is 5.97 Å². The van der Waals surface area contributed by atoms with Crippen LogP contribution in [0.25, 0.3) is 0 Å². The van der Waals surface area contributed by atoms with E-state index in [-0.39, 0.29) is 11.3 Å². The van der Waals surface area contributed by atoms with E-state index >= 15 is 0 Å². The maximum absolute atomic E-state index is 11.0. The summed E-state index contributed by atoms with van der Waals surface area (Å²) in [6.45, 7) is 0.380. The lowest BCUT2D eigenvalue weighted by molar-refractivity contribution is 0.0697. The molecule has 0 unspecified atom stereocenters. The molecule has 0 saturated carbocycles. The van der Waals surface area contributed by atoms with Crippen LogP contribution in [-0.2, 0) is 9.84 Å². The van der Waals surface area contributed by atoms with E-state index in [4.69, 9.17) is 5.11 Å². The first-order valence-electron chi connectivity index (χ1n) is 5.02. The van der Waals surface area contributed by atoms with E-state index in [1.165, 1.54) is 18.4 Å². The third-order valence-electron chi connectivity index (χ3n) is 2.35. The Morgan fingerprint density at radius 3 is 2.24 bits per heavy atom. The molecular formula is C11H15NO4S. The van der Waals surface area contributed by atoms with Crippen molar-refractivity contribution in [2.75, 3.05) is 30.5 Å². The van der Waals surface area contributed by atoms with E-state index in [0.717, 1.165) is 5.69 Å². The van der Waals surface area contributed by atoms with Gasteiger partial charge in [0.2, 0.25) is 0 Å². The Hall–Kier alpha value is -1.56. The smallest absolute Gasteiger partial charge is 0.335 e. The largest absolute Gasteiger partial charge is 0.478 e. The van der Waals surface area contributed by atoms with Crippen molar-refractivity contribution in [3.05, 3.63) is 29.8 Å². The molecule has 0 saturated heterocycles. The van der Waals surface area contributed by atoms with E-state index in [1.807, 2.05) is 0 Å². The number of anilines is 1. The van der Waals surface area contributed by atoms with Gasteiger partial charge in [-0.15, -0.1) is 0 Å². The van der Waals surface area contributed by atoms with Crippen molar-refractivity contribution >= 4 is 21.5 Å². The Bertz CT molecular complexity index is 493. The van der Waals surface area contributed by atoms with Crippen molar-refractivity contribution in [1.29, 1.82) is 0 Å². The fraction of sp³-hybridized carbons (Fsp3) is 0.364. The van der Waals surface area contributed by atoms with Crippen LogP contribution in [-0.4, -0.2) is 45.1 Å². The van der Waals surface area contributed by atoms with Gasteiger partial charge in [0.15, 0.2) is 0 Å². The zero-order chi connectivity index (χ0) is 13.1. The summed E-state index contributed by atoms with van der Waals surface area (Å²) >= 11 is 0. The van der Waals surface area contributed by atoms with Gasteiger partial charge in [-0.2, -0.15) is 0 Å². The van der Waals surface area contributed by atoms with Crippen molar-refractivity contribution in [1.82, 2.24) is 0 Å². The van der Waals surface area contributed by atoms with Crippen LogP contribution in [0.2, 0.25) is 0 Å². The Morgan fingerprint density at radius 1 is 1.29 bits per heavy atom.